The normalized spacial score (nSPS) is 25.7. The van der Waals surface area contributed by atoms with Gasteiger partial charge in [0.05, 0.1) is 6.10 Å². The maximum absolute atomic E-state index is 10.1. The molecule has 1 N–H and O–H groups in total. The molecule has 17 heavy (non-hydrogen) atoms. The van der Waals surface area contributed by atoms with Crippen LogP contribution in [0.25, 0.3) is 0 Å². The molecule has 92 valence electrons. The number of aliphatic hydroxyl groups excluding tert-OH is 1. The summed E-state index contributed by atoms with van der Waals surface area (Å²) in [7, 11) is 0. The molecule has 1 aliphatic heterocycles. The van der Waals surface area contributed by atoms with Crippen molar-refractivity contribution < 1.29 is 5.11 Å². The van der Waals surface area contributed by atoms with Crippen LogP contribution >= 0.6 is 0 Å². The van der Waals surface area contributed by atoms with Crippen LogP contribution in [-0.4, -0.2) is 28.7 Å². The maximum Gasteiger partial charge on any atom is 0.0699 e. The van der Waals surface area contributed by atoms with Crippen LogP contribution in [0.1, 0.15) is 24.8 Å². The summed E-state index contributed by atoms with van der Waals surface area (Å²) in [5.41, 5.74) is 1.32. The summed E-state index contributed by atoms with van der Waals surface area (Å²) in [4.78, 5) is 2.38. The number of nitrogens with zero attached hydrogens (tertiary/aromatic N) is 1. The average Bonchev–Trinajstić information content (AvgIpc) is 2.35. The van der Waals surface area contributed by atoms with Gasteiger partial charge in [0.15, 0.2) is 0 Å². The molecule has 1 fully saturated rings. The third-order valence-corrected chi connectivity index (χ3v) is 3.50. The topological polar surface area (TPSA) is 23.5 Å². The number of hydrogen-bond acceptors (Lipinski definition) is 2. The van der Waals surface area contributed by atoms with Gasteiger partial charge in [-0.1, -0.05) is 36.4 Å². The molecule has 0 radical (unpaired) electrons. The van der Waals surface area contributed by atoms with Crippen LogP contribution in [0, 0.1) is 0 Å². The first-order chi connectivity index (χ1) is 8.31. The largest absolute Gasteiger partial charge is 0.391 e. The lowest BCUT2D eigenvalue weighted by atomic mass is 9.95. The lowest BCUT2D eigenvalue weighted by Crippen LogP contribution is -2.47. The van der Waals surface area contributed by atoms with Crippen molar-refractivity contribution in [2.24, 2.45) is 0 Å². The van der Waals surface area contributed by atoms with Crippen molar-refractivity contribution in [1.82, 2.24) is 4.90 Å². The summed E-state index contributed by atoms with van der Waals surface area (Å²) in [6.07, 6.45) is 4.59. The second-order valence-electron chi connectivity index (χ2n) is 4.76. The molecule has 0 saturated carbocycles. The van der Waals surface area contributed by atoms with Gasteiger partial charge in [-0.3, -0.25) is 4.90 Å². The van der Waals surface area contributed by atoms with Crippen molar-refractivity contribution in [1.29, 1.82) is 0 Å². The van der Waals surface area contributed by atoms with Gasteiger partial charge in [-0.25, -0.2) is 0 Å². The number of rotatable bonds is 4. The van der Waals surface area contributed by atoms with E-state index in [1.807, 2.05) is 12.1 Å². The van der Waals surface area contributed by atoms with Gasteiger partial charge in [0.25, 0.3) is 0 Å². The number of likely N-dealkylation sites (tertiary alicyclic amines) is 1. The summed E-state index contributed by atoms with van der Waals surface area (Å²) in [6.45, 7) is 5.79. The Kier molecular flexibility index (Phi) is 4.35. The Labute approximate surface area is 104 Å². The summed E-state index contributed by atoms with van der Waals surface area (Å²) < 4.78 is 0. The van der Waals surface area contributed by atoms with E-state index in [2.05, 4.69) is 35.7 Å². The third-order valence-electron chi connectivity index (χ3n) is 3.50. The minimum absolute atomic E-state index is 0.203. The monoisotopic (exact) mass is 231 g/mol. The van der Waals surface area contributed by atoms with E-state index in [0.717, 1.165) is 32.4 Å². The molecule has 1 aromatic carbocycles. The first kappa shape index (κ1) is 12.3. The highest BCUT2D eigenvalue weighted by atomic mass is 16.3. The average molecular weight is 231 g/mol. The zero-order valence-corrected chi connectivity index (χ0v) is 10.3. The molecule has 0 aliphatic carbocycles. The van der Waals surface area contributed by atoms with Crippen LogP contribution in [0.2, 0.25) is 0 Å². The van der Waals surface area contributed by atoms with Gasteiger partial charge in [0.2, 0.25) is 0 Å². The minimum Gasteiger partial charge on any atom is -0.391 e. The lowest BCUT2D eigenvalue weighted by Gasteiger charge is -2.38. The van der Waals surface area contributed by atoms with Gasteiger partial charge >= 0.3 is 0 Å². The van der Waals surface area contributed by atoms with E-state index in [-0.39, 0.29) is 12.1 Å². The first-order valence-corrected chi connectivity index (χ1v) is 6.38. The second-order valence-corrected chi connectivity index (χ2v) is 4.76. The molecule has 0 amide bonds. The second kappa shape index (κ2) is 5.99. The Morgan fingerprint density at radius 3 is 2.82 bits per heavy atom. The van der Waals surface area contributed by atoms with Gasteiger partial charge in [0, 0.05) is 12.6 Å². The molecule has 1 aliphatic rings. The summed E-state index contributed by atoms with van der Waals surface area (Å²) >= 11 is 0. The van der Waals surface area contributed by atoms with Crippen LogP contribution in [0.3, 0.4) is 0 Å². The zero-order chi connectivity index (χ0) is 12.1. The Balaban J connectivity index is 2.04. The van der Waals surface area contributed by atoms with E-state index in [0.29, 0.717) is 0 Å². The molecular weight excluding hydrogens is 210 g/mol. The van der Waals surface area contributed by atoms with Crippen molar-refractivity contribution in [3.8, 4) is 0 Å². The fourth-order valence-electron chi connectivity index (χ4n) is 2.60. The van der Waals surface area contributed by atoms with Crippen molar-refractivity contribution >= 4 is 0 Å². The molecule has 2 rings (SSSR count). The summed E-state index contributed by atoms with van der Waals surface area (Å²) in [5.74, 6) is 0. The molecule has 0 bridgehead atoms. The lowest BCUT2D eigenvalue weighted by molar-refractivity contribution is 0.00804. The van der Waals surface area contributed by atoms with Crippen LogP contribution < -0.4 is 0 Å². The van der Waals surface area contributed by atoms with Gasteiger partial charge in [-0.15, -0.1) is 6.58 Å². The SMILES string of the molecule is C=CCC1C(O)CCCN1Cc1ccccc1. The highest BCUT2D eigenvalue weighted by molar-refractivity contribution is 5.15. The molecule has 2 atom stereocenters. The van der Waals surface area contributed by atoms with E-state index in [1.165, 1.54) is 5.56 Å². The van der Waals surface area contributed by atoms with Crippen LogP contribution in [0.5, 0.6) is 0 Å². The van der Waals surface area contributed by atoms with E-state index in [1.54, 1.807) is 0 Å². The van der Waals surface area contributed by atoms with Gasteiger partial charge in [0.1, 0.15) is 0 Å². The Hall–Kier alpha value is -1.12. The Morgan fingerprint density at radius 2 is 2.12 bits per heavy atom. The first-order valence-electron chi connectivity index (χ1n) is 6.38. The van der Waals surface area contributed by atoms with Gasteiger partial charge in [-0.2, -0.15) is 0 Å². The standard InChI is InChI=1S/C15H21NO/c1-2-7-14-15(17)10-6-11-16(14)12-13-8-4-3-5-9-13/h2-5,8-9,14-15,17H,1,6-7,10-12H2. The molecule has 2 heteroatoms. The summed E-state index contributed by atoms with van der Waals surface area (Å²) in [6, 6.07) is 10.7. The minimum atomic E-state index is -0.203. The Bertz CT molecular complexity index is 349. The highest BCUT2D eigenvalue weighted by Gasteiger charge is 2.28. The van der Waals surface area contributed by atoms with Gasteiger partial charge in [-0.05, 0) is 31.4 Å². The molecule has 2 nitrogen and oxygen atoms in total. The molecule has 1 aromatic rings. The maximum atomic E-state index is 10.1. The molecule has 1 saturated heterocycles. The highest BCUT2D eigenvalue weighted by Crippen LogP contribution is 2.22. The van der Waals surface area contributed by atoms with E-state index in [9.17, 15) is 5.11 Å². The van der Waals surface area contributed by atoms with Crippen LogP contribution in [-0.2, 0) is 6.54 Å². The number of piperidine rings is 1. The fourth-order valence-corrected chi connectivity index (χ4v) is 2.60. The molecule has 2 unspecified atom stereocenters. The van der Waals surface area contributed by atoms with Crippen LogP contribution in [0.15, 0.2) is 43.0 Å². The predicted molar refractivity (Wildman–Crippen MR) is 70.7 cm³/mol. The quantitative estimate of drug-likeness (QED) is 0.805. The predicted octanol–water partition coefficient (Wildman–Crippen LogP) is 2.59. The van der Waals surface area contributed by atoms with Crippen molar-refractivity contribution in [2.45, 2.75) is 38.0 Å². The van der Waals surface area contributed by atoms with E-state index in [4.69, 9.17) is 0 Å². The van der Waals surface area contributed by atoms with E-state index >= 15 is 0 Å². The third kappa shape index (κ3) is 3.18. The van der Waals surface area contributed by atoms with E-state index < -0.39 is 0 Å². The summed E-state index contributed by atoms with van der Waals surface area (Å²) in [5, 5.41) is 10.1. The van der Waals surface area contributed by atoms with Crippen molar-refractivity contribution in [3.63, 3.8) is 0 Å². The number of aliphatic hydroxyl groups is 1. The molecular formula is C15H21NO. The number of hydrogen-bond donors (Lipinski definition) is 1. The molecule has 1 heterocycles. The zero-order valence-electron chi connectivity index (χ0n) is 10.3. The van der Waals surface area contributed by atoms with Crippen molar-refractivity contribution in [3.05, 3.63) is 48.6 Å². The fraction of sp³-hybridized carbons (Fsp3) is 0.467. The molecule has 0 spiro atoms. The molecule has 0 aromatic heterocycles. The smallest absolute Gasteiger partial charge is 0.0699 e. The van der Waals surface area contributed by atoms with Crippen molar-refractivity contribution in [2.75, 3.05) is 6.54 Å². The Morgan fingerprint density at radius 1 is 1.35 bits per heavy atom. The van der Waals surface area contributed by atoms with Crippen LogP contribution in [0.4, 0.5) is 0 Å². The van der Waals surface area contributed by atoms with Gasteiger partial charge < -0.3 is 5.11 Å². The number of benzene rings is 1.